The molecule has 0 aliphatic carbocycles. The first-order valence-electron chi connectivity index (χ1n) is 6.80. The molecule has 0 radical (unpaired) electrons. The van der Waals surface area contributed by atoms with Gasteiger partial charge in [0.1, 0.15) is 5.75 Å². The molecule has 2 aromatic rings. The van der Waals surface area contributed by atoms with Crippen LogP contribution in [0.5, 0.6) is 11.6 Å². The maximum atomic E-state index is 11.7. The Balaban J connectivity index is 1.98. The van der Waals surface area contributed by atoms with Crippen LogP contribution in [0.1, 0.15) is 12.5 Å². The molecule has 3 N–H and O–H groups in total. The molecular formula is C16H19N3O2. The van der Waals surface area contributed by atoms with Crippen LogP contribution >= 0.6 is 0 Å². The van der Waals surface area contributed by atoms with Gasteiger partial charge in [0.05, 0.1) is 11.9 Å². The monoisotopic (exact) mass is 285 g/mol. The topological polar surface area (TPSA) is 77.2 Å². The summed E-state index contributed by atoms with van der Waals surface area (Å²) in [7, 11) is 0. The van der Waals surface area contributed by atoms with Crippen molar-refractivity contribution in [2.24, 2.45) is 11.7 Å². The molecule has 1 amide bonds. The molecule has 5 heteroatoms. The largest absolute Gasteiger partial charge is 0.439 e. The number of aryl methyl sites for hydroxylation is 1. The Morgan fingerprint density at radius 1 is 1.29 bits per heavy atom. The maximum Gasteiger partial charge on any atom is 0.228 e. The standard InChI is InChI=1S/C16H19N3O2/c1-11-3-6-14(7-4-11)21-15-8-5-13(10-18-15)19-16(20)12(2)9-17/h3-8,10,12H,9,17H2,1-2H3,(H,19,20). The number of rotatable bonds is 5. The van der Waals surface area contributed by atoms with Crippen molar-refractivity contribution < 1.29 is 9.53 Å². The predicted octanol–water partition coefficient (Wildman–Crippen LogP) is 2.72. The molecule has 2 rings (SSSR count). The normalized spacial score (nSPS) is 11.8. The molecule has 1 unspecified atom stereocenters. The second kappa shape index (κ2) is 6.85. The van der Waals surface area contributed by atoms with Crippen LogP contribution in [0, 0.1) is 12.8 Å². The Bertz CT molecular complexity index is 594. The summed E-state index contributed by atoms with van der Waals surface area (Å²) in [6.45, 7) is 4.10. The summed E-state index contributed by atoms with van der Waals surface area (Å²) in [5.74, 6) is 0.852. The number of nitrogens with one attached hydrogen (secondary N) is 1. The van der Waals surface area contributed by atoms with Crippen molar-refractivity contribution in [1.29, 1.82) is 0 Å². The van der Waals surface area contributed by atoms with E-state index in [-0.39, 0.29) is 11.8 Å². The number of aromatic nitrogens is 1. The number of nitrogens with two attached hydrogens (primary N) is 1. The van der Waals surface area contributed by atoms with Crippen LogP contribution in [0.2, 0.25) is 0 Å². The summed E-state index contributed by atoms with van der Waals surface area (Å²) in [5.41, 5.74) is 7.24. The zero-order valence-corrected chi connectivity index (χ0v) is 12.2. The van der Waals surface area contributed by atoms with E-state index < -0.39 is 0 Å². The van der Waals surface area contributed by atoms with E-state index in [9.17, 15) is 4.79 Å². The zero-order chi connectivity index (χ0) is 15.2. The van der Waals surface area contributed by atoms with Gasteiger partial charge in [-0.2, -0.15) is 0 Å². The number of nitrogens with zero attached hydrogens (tertiary/aromatic N) is 1. The summed E-state index contributed by atoms with van der Waals surface area (Å²) < 4.78 is 5.62. The van der Waals surface area contributed by atoms with Crippen LogP contribution in [0.25, 0.3) is 0 Å². The molecule has 1 aromatic heterocycles. The van der Waals surface area contributed by atoms with Crippen molar-refractivity contribution in [3.8, 4) is 11.6 Å². The van der Waals surface area contributed by atoms with E-state index in [0.717, 1.165) is 5.75 Å². The van der Waals surface area contributed by atoms with E-state index in [0.29, 0.717) is 18.1 Å². The van der Waals surface area contributed by atoms with Crippen molar-refractivity contribution in [3.63, 3.8) is 0 Å². The van der Waals surface area contributed by atoms with Gasteiger partial charge in [-0.25, -0.2) is 4.98 Å². The molecule has 0 saturated carbocycles. The average Bonchev–Trinajstić information content (AvgIpc) is 2.50. The number of hydrogen-bond acceptors (Lipinski definition) is 4. The van der Waals surface area contributed by atoms with Crippen molar-refractivity contribution in [2.45, 2.75) is 13.8 Å². The van der Waals surface area contributed by atoms with E-state index in [1.54, 1.807) is 25.3 Å². The van der Waals surface area contributed by atoms with Crippen LogP contribution in [-0.2, 0) is 4.79 Å². The smallest absolute Gasteiger partial charge is 0.228 e. The van der Waals surface area contributed by atoms with Gasteiger partial charge in [0.15, 0.2) is 0 Å². The van der Waals surface area contributed by atoms with E-state index in [4.69, 9.17) is 10.5 Å². The third kappa shape index (κ3) is 4.29. The van der Waals surface area contributed by atoms with Crippen molar-refractivity contribution in [1.82, 2.24) is 4.98 Å². The third-order valence-electron chi connectivity index (χ3n) is 3.05. The van der Waals surface area contributed by atoms with Gasteiger partial charge < -0.3 is 15.8 Å². The fraction of sp³-hybridized carbons (Fsp3) is 0.250. The molecule has 1 aromatic carbocycles. The number of ether oxygens (including phenoxy) is 1. The molecule has 0 aliphatic heterocycles. The molecule has 0 saturated heterocycles. The van der Waals surface area contributed by atoms with Crippen LogP contribution in [0.4, 0.5) is 5.69 Å². The van der Waals surface area contributed by atoms with Crippen molar-refractivity contribution in [2.75, 3.05) is 11.9 Å². The number of carbonyl (C=O) groups excluding carboxylic acids is 1. The van der Waals surface area contributed by atoms with Gasteiger partial charge >= 0.3 is 0 Å². The lowest BCUT2D eigenvalue weighted by atomic mass is 10.1. The Morgan fingerprint density at radius 2 is 2.00 bits per heavy atom. The van der Waals surface area contributed by atoms with E-state index in [1.165, 1.54) is 5.56 Å². The average molecular weight is 285 g/mol. The molecule has 0 bridgehead atoms. The van der Waals surface area contributed by atoms with Gasteiger partial charge in [-0.05, 0) is 25.1 Å². The maximum absolute atomic E-state index is 11.7. The highest BCUT2D eigenvalue weighted by Gasteiger charge is 2.10. The van der Waals surface area contributed by atoms with Gasteiger partial charge in [-0.15, -0.1) is 0 Å². The molecule has 1 atom stereocenters. The second-order valence-electron chi connectivity index (χ2n) is 4.93. The van der Waals surface area contributed by atoms with Crippen LogP contribution in [0.3, 0.4) is 0 Å². The summed E-state index contributed by atoms with van der Waals surface area (Å²) in [5, 5.41) is 2.75. The van der Waals surface area contributed by atoms with E-state index in [2.05, 4.69) is 10.3 Å². The first-order chi connectivity index (χ1) is 10.1. The third-order valence-corrected chi connectivity index (χ3v) is 3.05. The van der Waals surface area contributed by atoms with Crippen LogP contribution < -0.4 is 15.8 Å². The molecule has 0 spiro atoms. The molecule has 0 fully saturated rings. The highest BCUT2D eigenvalue weighted by atomic mass is 16.5. The number of hydrogen-bond donors (Lipinski definition) is 2. The van der Waals surface area contributed by atoms with Crippen molar-refractivity contribution >= 4 is 11.6 Å². The minimum Gasteiger partial charge on any atom is -0.439 e. The highest BCUT2D eigenvalue weighted by molar-refractivity contribution is 5.92. The second-order valence-corrected chi connectivity index (χ2v) is 4.93. The minimum atomic E-state index is -0.228. The predicted molar refractivity (Wildman–Crippen MR) is 82.3 cm³/mol. The number of anilines is 1. The Kier molecular flexibility index (Phi) is 4.90. The minimum absolute atomic E-state index is 0.119. The van der Waals surface area contributed by atoms with E-state index >= 15 is 0 Å². The quantitative estimate of drug-likeness (QED) is 0.885. The molecular weight excluding hydrogens is 266 g/mol. The first-order valence-corrected chi connectivity index (χ1v) is 6.80. The Hall–Kier alpha value is -2.40. The number of amides is 1. The van der Waals surface area contributed by atoms with Gasteiger partial charge in [-0.1, -0.05) is 24.6 Å². The van der Waals surface area contributed by atoms with Gasteiger partial charge in [-0.3, -0.25) is 4.79 Å². The molecule has 5 nitrogen and oxygen atoms in total. The fourth-order valence-electron chi connectivity index (χ4n) is 1.61. The Labute approximate surface area is 124 Å². The number of pyridine rings is 1. The molecule has 21 heavy (non-hydrogen) atoms. The molecule has 110 valence electrons. The summed E-state index contributed by atoms with van der Waals surface area (Å²) in [4.78, 5) is 15.9. The zero-order valence-electron chi connectivity index (χ0n) is 12.2. The van der Waals surface area contributed by atoms with Crippen LogP contribution in [-0.4, -0.2) is 17.4 Å². The SMILES string of the molecule is Cc1ccc(Oc2ccc(NC(=O)C(C)CN)cn2)cc1. The van der Waals surface area contributed by atoms with Gasteiger partial charge in [0.25, 0.3) is 0 Å². The summed E-state index contributed by atoms with van der Waals surface area (Å²) in [6.07, 6.45) is 1.56. The fourth-order valence-corrected chi connectivity index (χ4v) is 1.61. The summed E-state index contributed by atoms with van der Waals surface area (Å²) >= 11 is 0. The molecule has 0 aliphatic rings. The van der Waals surface area contributed by atoms with E-state index in [1.807, 2.05) is 31.2 Å². The van der Waals surface area contributed by atoms with Crippen molar-refractivity contribution in [3.05, 3.63) is 48.2 Å². The van der Waals surface area contributed by atoms with Gasteiger partial charge in [0, 0.05) is 18.5 Å². The first kappa shape index (κ1) is 15.0. The lowest BCUT2D eigenvalue weighted by Gasteiger charge is -2.10. The van der Waals surface area contributed by atoms with Gasteiger partial charge in [0.2, 0.25) is 11.8 Å². The highest BCUT2D eigenvalue weighted by Crippen LogP contribution is 2.20. The number of carbonyl (C=O) groups is 1. The Morgan fingerprint density at radius 3 is 2.57 bits per heavy atom. The van der Waals surface area contributed by atoms with Crippen LogP contribution in [0.15, 0.2) is 42.6 Å². The lowest BCUT2D eigenvalue weighted by Crippen LogP contribution is -2.26. The number of benzene rings is 1. The lowest BCUT2D eigenvalue weighted by molar-refractivity contribution is -0.119. The summed E-state index contributed by atoms with van der Waals surface area (Å²) in [6, 6.07) is 11.2. The molecule has 1 heterocycles.